The molecule has 1 rings (SSSR count). The average molecular weight is 415 g/mol. The molecule has 0 bridgehead atoms. The molecule has 4 atom stereocenters. The third kappa shape index (κ3) is 5.69. The number of aliphatic hydroxyl groups is 1. The number of carbonyl (C=O) groups excluding carboxylic acids is 3. The lowest BCUT2D eigenvalue weighted by Gasteiger charge is -2.46. The van der Waals surface area contributed by atoms with Gasteiger partial charge in [-0.05, 0) is 47.0 Å². The summed E-state index contributed by atoms with van der Waals surface area (Å²) < 4.78 is 11.5. The van der Waals surface area contributed by atoms with Crippen LogP contribution in [0, 0.1) is 5.92 Å². The Morgan fingerprint density at radius 1 is 1.17 bits per heavy atom. The highest BCUT2D eigenvalue weighted by Gasteiger charge is 2.55. The number of ether oxygens (including phenoxy) is 2. The van der Waals surface area contributed by atoms with Gasteiger partial charge >= 0.3 is 6.09 Å². The zero-order chi connectivity index (χ0) is 22.6. The number of hydrogen-bond donors (Lipinski definition) is 2. The van der Waals surface area contributed by atoms with Crippen molar-refractivity contribution < 1.29 is 29.0 Å². The Bertz CT molecular complexity index is 588. The lowest BCUT2D eigenvalue weighted by atomic mass is 9.79. The minimum atomic E-state index is -0.768. The van der Waals surface area contributed by atoms with Crippen molar-refractivity contribution in [1.82, 2.24) is 10.2 Å². The molecule has 29 heavy (non-hydrogen) atoms. The van der Waals surface area contributed by atoms with Crippen LogP contribution in [0.15, 0.2) is 0 Å². The van der Waals surface area contributed by atoms with Gasteiger partial charge < -0.3 is 19.9 Å². The number of nitrogens with zero attached hydrogens (tertiary/aromatic N) is 1. The van der Waals surface area contributed by atoms with Crippen LogP contribution < -0.4 is 5.32 Å². The van der Waals surface area contributed by atoms with Crippen LogP contribution in [0.4, 0.5) is 4.79 Å². The fourth-order valence-electron chi connectivity index (χ4n) is 4.37. The molecule has 1 fully saturated rings. The summed E-state index contributed by atoms with van der Waals surface area (Å²) in [6.45, 7) is 11.8. The van der Waals surface area contributed by atoms with Gasteiger partial charge in [0.2, 0.25) is 5.91 Å². The lowest BCUT2D eigenvalue weighted by Crippen LogP contribution is -2.65. The Morgan fingerprint density at radius 2 is 1.72 bits per heavy atom. The van der Waals surface area contributed by atoms with Crippen molar-refractivity contribution in [3.05, 3.63) is 0 Å². The lowest BCUT2D eigenvalue weighted by molar-refractivity contribution is -0.128. The second-order valence-corrected chi connectivity index (χ2v) is 8.84. The van der Waals surface area contributed by atoms with E-state index in [0.29, 0.717) is 19.3 Å². The van der Waals surface area contributed by atoms with E-state index in [9.17, 15) is 19.5 Å². The first-order chi connectivity index (χ1) is 13.4. The van der Waals surface area contributed by atoms with Gasteiger partial charge in [-0.1, -0.05) is 13.8 Å². The van der Waals surface area contributed by atoms with Gasteiger partial charge in [-0.2, -0.15) is 0 Å². The molecule has 8 heteroatoms. The molecule has 0 saturated carbocycles. The van der Waals surface area contributed by atoms with Gasteiger partial charge in [0.25, 0.3) is 0 Å². The maximum absolute atomic E-state index is 13.1. The number of aliphatic hydroxyl groups excluding tert-OH is 1. The van der Waals surface area contributed by atoms with E-state index in [4.69, 9.17) is 9.47 Å². The molecular formula is C21H38N2O6. The van der Waals surface area contributed by atoms with E-state index in [1.807, 2.05) is 13.8 Å². The van der Waals surface area contributed by atoms with Crippen molar-refractivity contribution in [2.45, 2.75) is 97.1 Å². The molecule has 1 saturated heterocycles. The van der Waals surface area contributed by atoms with Crippen LogP contribution in [0.3, 0.4) is 0 Å². The van der Waals surface area contributed by atoms with E-state index >= 15 is 0 Å². The van der Waals surface area contributed by atoms with Crippen molar-refractivity contribution in [2.24, 2.45) is 5.92 Å². The number of ketones is 1. The highest BCUT2D eigenvalue weighted by atomic mass is 16.6. The summed E-state index contributed by atoms with van der Waals surface area (Å²) in [5.41, 5.74) is -1.52. The van der Waals surface area contributed by atoms with Crippen LogP contribution in [0.5, 0.6) is 0 Å². The average Bonchev–Trinajstić information content (AvgIpc) is 3.00. The maximum Gasteiger partial charge on any atom is 0.411 e. The molecule has 0 radical (unpaired) electrons. The molecule has 1 heterocycles. The second kappa shape index (κ2) is 9.89. The van der Waals surface area contributed by atoms with Crippen LogP contribution in [-0.4, -0.2) is 70.8 Å². The van der Waals surface area contributed by atoms with Crippen molar-refractivity contribution in [1.29, 1.82) is 0 Å². The summed E-state index contributed by atoms with van der Waals surface area (Å²) >= 11 is 0. The molecule has 1 aliphatic rings. The standard InChI is InChI=1S/C21H38N2O6/c1-9-21(10-2,28-8)18(22-14(4)26)17-15(12-24)11-16(13(3)25)23(17)19(27)29-20(5,6)7/h15-18,24H,9-12H2,1-8H3,(H,22,26)/t15-,16+,17+,18?/m0/s1. The molecule has 0 aliphatic carbocycles. The molecule has 2 amide bonds. The molecule has 0 aromatic heterocycles. The summed E-state index contributed by atoms with van der Waals surface area (Å²) in [5, 5.41) is 13.0. The largest absolute Gasteiger partial charge is 0.444 e. The smallest absolute Gasteiger partial charge is 0.411 e. The highest BCUT2D eigenvalue weighted by Crippen LogP contribution is 2.39. The highest BCUT2D eigenvalue weighted by molar-refractivity contribution is 5.86. The maximum atomic E-state index is 13.1. The number of likely N-dealkylation sites (tertiary alicyclic amines) is 1. The van der Waals surface area contributed by atoms with E-state index in [0.717, 1.165) is 0 Å². The zero-order valence-corrected chi connectivity index (χ0v) is 19.1. The van der Waals surface area contributed by atoms with Crippen LogP contribution in [-0.2, 0) is 19.1 Å². The number of hydrogen-bond acceptors (Lipinski definition) is 6. The molecule has 8 nitrogen and oxygen atoms in total. The van der Waals surface area contributed by atoms with Gasteiger partial charge in [0, 0.05) is 26.6 Å². The summed E-state index contributed by atoms with van der Waals surface area (Å²) in [5.74, 6) is -0.860. The minimum Gasteiger partial charge on any atom is -0.444 e. The van der Waals surface area contributed by atoms with Crippen molar-refractivity contribution in [3.63, 3.8) is 0 Å². The zero-order valence-electron chi connectivity index (χ0n) is 19.1. The number of carbonyl (C=O) groups is 3. The first kappa shape index (κ1) is 25.4. The second-order valence-electron chi connectivity index (χ2n) is 8.84. The van der Waals surface area contributed by atoms with Crippen LogP contribution in [0.2, 0.25) is 0 Å². The molecule has 1 unspecified atom stereocenters. The van der Waals surface area contributed by atoms with Gasteiger partial charge in [0.15, 0.2) is 5.78 Å². The van der Waals surface area contributed by atoms with E-state index in [1.165, 1.54) is 18.7 Å². The summed E-state index contributed by atoms with van der Waals surface area (Å²) in [4.78, 5) is 39.0. The van der Waals surface area contributed by atoms with E-state index in [1.54, 1.807) is 27.9 Å². The summed E-state index contributed by atoms with van der Waals surface area (Å²) in [6.07, 6.45) is 0.823. The van der Waals surface area contributed by atoms with Gasteiger partial charge in [-0.3, -0.25) is 14.5 Å². The normalized spacial score (nSPS) is 23.6. The Hall–Kier alpha value is -1.67. The van der Waals surface area contributed by atoms with E-state index in [2.05, 4.69) is 5.32 Å². The Morgan fingerprint density at radius 3 is 2.07 bits per heavy atom. The first-order valence-corrected chi connectivity index (χ1v) is 10.3. The number of rotatable bonds is 8. The molecular weight excluding hydrogens is 376 g/mol. The quantitative estimate of drug-likeness (QED) is 0.631. The van der Waals surface area contributed by atoms with Crippen LogP contribution in [0.1, 0.15) is 67.7 Å². The Labute approximate surface area is 174 Å². The van der Waals surface area contributed by atoms with Gasteiger partial charge in [0.05, 0.1) is 23.7 Å². The summed E-state index contributed by atoms with van der Waals surface area (Å²) in [6, 6.07) is -1.99. The number of amides is 2. The predicted octanol–water partition coefficient (Wildman–Crippen LogP) is 2.27. The van der Waals surface area contributed by atoms with Crippen molar-refractivity contribution >= 4 is 17.8 Å². The topological polar surface area (TPSA) is 105 Å². The molecule has 0 spiro atoms. The Kier molecular flexibility index (Phi) is 8.65. The van der Waals surface area contributed by atoms with Gasteiger partial charge in [0.1, 0.15) is 5.60 Å². The fraction of sp³-hybridized carbons (Fsp3) is 0.857. The van der Waals surface area contributed by atoms with Gasteiger partial charge in [-0.25, -0.2) is 4.79 Å². The third-order valence-electron chi connectivity index (χ3n) is 5.84. The third-order valence-corrected chi connectivity index (χ3v) is 5.84. The van der Waals surface area contributed by atoms with E-state index < -0.39 is 41.3 Å². The minimum absolute atomic E-state index is 0.186. The van der Waals surface area contributed by atoms with Crippen LogP contribution in [0.25, 0.3) is 0 Å². The Balaban J connectivity index is 3.58. The van der Waals surface area contributed by atoms with Crippen molar-refractivity contribution in [2.75, 3.05) is 13.7 Å². The summed E-state index contributed by atoms with van der Waals surface area (Å²) in [7, 11) is 1.57. The predicted molar refractivity (Wildman–Crippen MR) is 109 cm³/mol. The number of methoxy groups -OCH3 is 1. The molecule has 0 aromatic rings. The molecule has 1 aliphatic heterocycles. The first-order valence-electron chi connectivity index (χ1n) is 10.3. The molecule has 0 aromatic carbocycles. The van der Waals surface area contributed by atoms with Gasteiger partial charge in [-0.15, -0.1) is 0 Å². The molecule has 2 N–H and O–H groups in total. The number of Topliss-reactive ketones (excluding diaryl/α,β-unsaturated/α-hetero) is 1. The van der Waals surface area contributed by atoms with Crippen LogP contribution >= 0.6 is 0 Å². The SMILES string of the molecule is CCC(CC)(OC)C(NC(C)=O)[C@H]1[C@H](CO)C[C@H](C(C)=O)N1C(=O)OC(C)(C)C. The number of nitrogens with one attached hydrogen (secondary N) is 1. The molecule has 168 valence electrons. The van der Waals surface area contributed by atoms with Crippen molar-refractivity contribution in [3.8, 4) is 0 Å². The monoisotopic (exact) mass is 414 g/mol. The fourth-order valence-corrected chi connectivity index (χ4v) is 4.37. The van der Waals surface area contributed by atoms with E-state index in [-0.39, 0.29) is 18.3 Å².